The molecule has 3 aromatic rings. The first-order valence-corrected chi connectivity index (χ1v) is 11.7. The molecule has 0 bridgehead atoms. The standard InChI is InChI=1S/C23H27ClN4OS/c1-2-27-12-14-28(15-13-27)20-11-10-17(24)16-19(20)25-22(29)8-5-9-23-26-18-6-3-4-7-21(18)30-23/h3-4,6-7,10-11,16H,2,5,8-9,12-15H2,1H3,(H,25,29). The van der Waals surface area contributed by atoms with Gasteiger partial charge in [-0.25, -0.2) is 4.98 Å². The first-order chi connectivity index (χ1) is 14.6. The van der Waals surface area contributed by atoms with Gasteiger partial charge in [-0.2, -0.15) is 0 Å². The molecule has 1 aromatic heterocycles. The van der Waals surface area contributed by atoms with E-state index < -0.39 is 0 Å². The molecule has 1 amide bonds. The molecule has 0 aliphatic carbocycles. The number of para-hydroxylation sites is 1. The predicted octanol–water partition coefficient (Wildman–Crippen LogP) is 5.05. The van der Waals surface area contributed by atoms with E-state index in [1.54, 1.807) is 11.3 Å². The molecule has 5 nitrogen and oxygen atoms in total. The Balaban J connectivity index is 1.35. The number of amides is 1. The molecule has 7 heteroatoms. The minimum Gasteiger partial charge on any atom is -0.367 e. The Hall–Kier alpha value is -2.15. The van der Waals surface area contributed by atoms with Crippen LogP contribution in [0.15, 0.2) is 42.5 Å². The van der Waals surface area contributed by atoms with Gasteiger partial charge < -0.3 is 15.1 Å². The summed E-state index contributed by atoms with van der Waals surface area (Å²) < 4.78 is 1.20. The summed E-state index contributed by atoms with van der Waals surface area (Å²) in [5.74, 6) is 0.0202. The highest BCUT2D eigenvalue weighted by Crippen LogP contribution is 2.30. The van der Waals surface area contributed by atoms with Gasteiger partial charge in [-0.1, -0.05) is 30.7 Å². The van der Waals surface area contributed by atoms with Crippen LogP contribution < -0.4 is 10.2 Å². The summed E-state index contributed by atoms with van der Waals surface area (Å²) >= 11 is 7.93. The molecule has 1 N–H and O–H groups in total. The number of nitrogens with zero attached hydrogens (tertiary/aromatic N) is 3. The van der Waals surface area contributed by atoms with Crippen molar-refractivity contribution in [3.05, 3.63) is 52.5 Å². The van der Waals surface area contributed by atoms with Crippen molar-refractivity contribution >= 4 is 50.4 Å². The minimum atomic E-state index is 0.0202. The molecule has 0 radical (unpaired) electrons. The van der Waals surface area contributed by atoms with Gasteiger partial charge in [0.25, 0.3) is 0 Å². The number of carbonyl (C=O) groups excluding carboxylic acids is 1. The number of rotatable bonds is 7. The number of carbonyl (C=O) groups is 1. The van der Waals surface area contributed by atoms with Crippen LogP contribution in [0.4, 0.5) is 11.4 Å². The second-order valence-electron chi connectivity index (χ2n) is 7.56. The van der Waals surface area contributed by atoms with E-state index in [2.05, 4.69) is 33.1 Å². The predicted molar refractivity (Wildman–Crippen MR) is 127 cm³/mol. The number of hydrogen-bond acceptors (Lipinski definition) is 5. The zero-order valence-electron chi connectivity index (χ0n) is 17.2. The molecule has 158 valence electrons. The third-order valence-corrected chi connectivity index (χ3v) is 6.86. The van der Waals surface area contributed by atoms with Crippen molar-refractivity contribution in [1.29, 1.82) is 0 Å². The van der Waals surface area contributed by atoms with Gasteiger partial charge in [-0.15, -0.1) is 11.3 Å². The lowest BCUT2D eigenvalue weighted by Crippen LogP contribution is -2.46. The molecule has 0 atom stereocenters. The number of aromatic nitrogens is 1. The molecule has 0 spiro atoms. The molecule has 2 heterocycles. The molecule has 0 unspecified atom stereocenters. The van der Waals surface area contributed by atoms with Crippen LogP contribution in [-0.2, 0) is 11.2 Å². The van der Waals surface area contributed by atoms with E-state index in [0.717, 1.165) is 67.5 Å². The Bertz CT molecular complexity index is 980. The fourth-order valence-corrected chi connectivity index (χ4v) is 5.01. The Morgan fingerprint density at radius 1 is 1.17 bits per heavy atom. The van der Waals surface area contributed by atoms with Crippen molar-refractivity contribution in [2.75, 3.05) is 42.9 Å². The van der Waals surface area contributed by atoms with Crippen molar-refractivity contribution < 1.29 is 4.79 Å². The van der Waals surface area contributed by atoms with Crippen LogP contribution >= 0.6 is 22.9 Å². The van der Waals surface area contributed by atoms with Crippen molar-refractivity contribution in [3.8, 4) is 0 Å². The molecule has 0 saturated carbocycles. The van der Waals surface area contributed by atoms with Crippen LogP contribution in [0.1, 0.15) is 24.8 Å². The van der Waals surface area contributed by atoms with Gasteiger partial charge in [0.1, 0.15) is 0 Å². The SMILES string of the molecule is CCN1CCN(c2ccc(Cl)cc2NC(=O)CCCc2nc3ccccc3s2)CC1. The first kappa shape index (κ1) is 21.1. The maximum atomic E-state index is 12.6. The fraction of sp³-hybridized carbons (Fsp3) is 0.391. The van der Waals surface area contributed by atoms with Gasteiger partial charge in [0.05, 0.1) is 26.6 Å². The summed E-state index contributed by atoms with van der Waals surface area (Å²) in [6, 6.07) is 13.9. The Morgan fingerprint density at radius 2 is 1.97 bits per heavy atom. The summed E-state index contributed by atoms with van der Waals surface area (Å²) in [5, 5.41) is 4.81. The average Bonchev–Trinajstić information content (AvgIpc) is 3.17. The van der Waals surface area contributed by atoms with Crippen LogP contribution in [0.2, 0.25) is 5.02 Å². The lowest BCUT2D eigenvalue weighted by molar-refractivity contribution is -0.116. The highest BCUT2D eigenvalue weighted by atomic mass is 35.5. The summed E-state index contributed by atoms with van der Waals surface area (Å²) in [5.41, 5.74) is 2.89. The van der Waals surface area contributed by atoms with Crippen molar-refractivity contribution in [1.82, 2.24) is 9.88 Å². The van der Waals surface area contributed by atoms with Crippen LogP contribution in [0.3, 0.4) is 0 Å². The second kappa shape index (κ2) is 9.77. The van der Waals surface area contributed by atoms with E-state index >= 15 is 0 Å². The summed E-state index contributed by atoms with van der Waals surface area (Å²) in [7, 11) is 0. The zero-order valence-corrected chi connectivity index (χ0v) is 18.8. The maximum Gasteiger partial charge on any atom is 0.224 e. The molecule has 4 rings (SSSR count). The number of benzene rings is 2. The fourth-order valence-electron chi connectivity index (χ4n) is 3.83. The lowest BCUT2D eigenvalue weighted by Gasteiger charge is -2.36. The molecule has 1 aliphatic rings. The van der Waals surface area contributed by atoms with Crippen LogP contribution in [0.5, 0.6) is 0 Å². The van der Waals surface area contributed by atoms with E-state index in [-0.39, 0.29) is 5.91 Å². The second-order valence-corrected chi connectivity index (χ2v) is 9.11. The van der Waals surface area contributed by atoms with Gasteiger partial charge in [0.15, 0.2) is 0 Å². The number of thiazole rings is 1. The van der Waals surface area contributed by atoms with Gasteiger partial charge in [-0.3, -0.25) is 4.79 Å². The van der Waals surface area contributed by atoms with E-state index in [9.17, 15) is 4.79 Å². The number of aryl methyl sites for hydroxylation is 1. The lowest BCUT2D eigenvalue weighted by atomic mass is 10.2. The third kappa shape index (κ3) is 5.12. The van der Waals surface area contributed by atoms with Gasteiger partial charge in [-0.05, 0) is 49.7 Å². The highest BCUT2D eigenvalue weighted by molar-refractivity contribution is 7.18. The summed E-state index contributed by atoms with van der Waals surface area (Å²) in [6.07, 6.45) is 2.05. The van der Waals surface area contributed by atoms with E-state index in [1.165, 1.54) is 4.70 Å². The zero-order chi connectivity index (χ0) is 20.9. The van der Waals surface area contributed by atoms with E-state index in [0.29, 0.717) is 11.4 Å². The van der Waals surface area contributed by atoms with E-state index in [1.807, 2.05) is 36.4 Å². The van der Waals surface area contributed by atoms with Gasteiger partial charge in [0, 0.05) is 37.6 Å². The Morgan fingerprint density at radius 3 is 2.73 bits per heavy atom. The summed E-state index contributed by atoms with van der Waals surface area (Å²) in [4.78, 5) is 22.0. The smallest absolute Gasteiger partial charge is 0.224 e. The number of halogens is 1. The molecule has 1 fully saturated rings. The molecule has 1 aliphatic heterocycles. The van der Waals surface area contributed by atoms with Crippen LogP contribution in [0.25, 0.3) is 10.2 Å². The van der Waals surface area contributed by atoms with Crippen LogP contribution in [-0.4, -0.2) is 48.5 Å². The van der Waals surface area contributed by atoms with Gasteiger partial charge >= 0.3 is 0 Å². The van der Waals surface area contributed by atoms with Crippen molar-refractivity contribution in [2.45, 2.75) is 26.2 Å². The topological polar surface area (TPSA) is 48.5 Å². The number of piperazine rings is 1. The molecule has 30 heavy (non-hydrogen) atoms. The largest absolute Gasteiger partial charge is 0.367 e. The Labute approximate surface area is 186 Å². The number of fused-ring (bicyclic) bond motifs is 1. The molecule has 1 saturated heterocycles. The number of hydrogen-bond donors (Lipinski definition) is 1. The number of likely N-dealkylation sites (N-methyl/N-ethyl adjacent to an activating group) is 1. The van der Waals surface area contributed by atoms with Crippen LogP contribution in [0, 0.1) is 0 Å². The quantitative estimate of drug-likeness (QED) is 0.556. The molecular weight excluding hydrogens is 416 g/mol. The first-order valence-electron chi connectivity index (χ1n) is 10.5. The monoisotopic (exact) mass is 442 g/mol. The summed E-state index contributed by atoms with van der Waals surface area (Å²) in [6.45, 7) is 7.25. The van der Waals surface area contributed by atoms with Crippen molar-refractivity contribution in [2.24, 2.45) is 0 Å². The normalized spacial score (nSPS) is 14.9. The van der Waals surface area contributed by atoms with Crippen molar-refractivity contribution in [3.63, 3.8) is 0 Å². The minimum absolute atomic E-state index is 0.0202. The number of anilines is 2. The third-order valence-electron chi connectivity index (χ3n) is 5.53. The number of nitrogens with one attached hydrogen (secondary N) is 1. The van der Waals surface area contributed by atoms with E-state index in [4.69, 9.17) is 11.6 Å². The highest BCUT2D eigenvalue weighted by Gasteiger charge is 2.19. The maximum absolute atomic E-state index is 12.6. The Kier molecular flexibility index (Phi) is 6.87. The molecular formula is C23H27ClN4OS. The molecule has 2 aromatic carbocycles. The average molecular weight is 443 g/mol. The van der Waals surface area contributed by atoms with Gasteiger partial charge in [0.2, 0.25) is 5.91 Å².